The molecule has 19 heavy (non-hydrogen) atoms. The SMILES string of the molecule is CCOCc1cc(N)ccc1-n1cccc(C)c1=O. The van der Waals surface area contributed by atoms with Gasteiger partial charge in [0.1, 0.15) is 0 Å². The number of benzene rings is 1. The van der Waals surface area contributed by atoms with Gasteiger partial charge in [-0.25, -0.2) is 0 Å². The topological polar surface area (TPSA) is 57.2 Å². The predicted molar refractivity (Wildman–Crippen MR) is 76.5 cm³/mol. The molecule has 1 aromatic carbocycles. The molecule has 0 atom stereocenters. The van der Waals surface area contributed by atoms with Crippen LogP contribution in [0.25, 0.3) is 5.69 Å². The van der Waals surface area contributed by atoms with Crippen molar-refractivity contribution in [3.8, 4) is 5.69 Å². The van der Waals surface area contributed by atoms with Crippen molar-refractivity contribution < 1.29 is 4.74 Å². The Kier molecular flexibility index (Phi) is 4.02. The lowest BCUT2D eigenvalue weighted by Gasteiger charge is -2.13. The summed E-state index contributed by atoms with van der Waals surface area (Å²) in [7, 11) is 0. The summed E-state index contributed by atoms with van der Waals surface area (Å²) in [5.41, 5.74) is 8.88. The predicted octanol–water partition coefficient (Wildman–Crippen LogP) is 2.26. The Bertz CT molecular complexity index is 632. The van der Waals surface area contributed by atoms with Gasteiger partial charge in [-0.15, -0.1) is 0 Å². The van der Waals surface area contributed by atoms with Gasteiger partial charge in [0.2, 0.25) is 0 Å². The first-order valence-electron chi connectivity index (χ1n) is 6.28. The Morgan fingerprint density at radius 2 is 2.11 bits per heavy atom. The first-order chi connectivity index (χ1) is 9.13. The molecule has 100 valence electrons. The minimum Gasteiger partial charge on any atom is -0.399 e. The van der Waals surface area contributed by atoms with E-state index in [4.69, 9.17) is 10.5 Å². The Balaban J connectivity index is 2.55. The van der Waals surface area contributed by atoms with Crippen molar-refractivity contribution in [1.82, 2.24) is 4.57 Å². The highest BCUT2D eigenvalue weighted by Crippen LogP contribution is 2.18. The number of hydrogen-bond acceptors (Lipinski definition) is 3. The molecule has 4 nitrogen and oxygen atoms in total. The van der Waals surface area contributed by atoms with E-state index in [1.165, 1.54) is 0 Å². The number of hydrogen-bond donors (Lipinski definition) is 1. The molecule has 0 amide bonds. The summed E-state index contributed by atoms with van der Waals surface area (Å²) in [6.45, 7) is 4.80. The van der Waals surface area contributed by atoms with Gasteiger partial charge >= 0.3 is 0 Å². The standard InChI is InChI=1S/C15H18N2O2/c1-3-19-10-12-9-13(16)6-7-14(12)17-8-4-5-11(2)15(17)18/h4-9H,3,10,16H2,1-2H3. The molecule has 0 radical (unpaired) electrons. The lowest BCUT2D eigenvalue weighted by atomic mass is 10.1. The highest BCUT2D eigenvalue weighted by molar-refractivity contribution is 5.51. The quantitative estimate of drug-likeness (QED) is 0.856. The fraction of sp³-hybridized carbons (Fsp3) is 0.267. The molecular formula is C15H18N2O2. The maximum atomic E-state index is 12.2. The summed E-state index contributed by atoms with van der Waals surface area (Å²) in [6.07, 6.45) is 1.76. The van der Waals surface area contributed by atoms with Crippen LogP contribution in [0.3, 0.4) is 0 Å². The van der Waals surface area contributed by atoms with E-state index in [9.17, 15) is 4.79 Å². The van der Waals surface area contributed by atoms with Crippen LogP contribution in [-0.2, 0) is 11.3 Å². The van der Waals surface area contributed by atoms with E-state index in [0.717, 1.165) is 11.3 Å². The van der Waals surface area contributed by atoms with Crippen molar-refractivity contribution in [3.05, 3.63) is 58.0 Å². The van der Waals surface area contributed by atoms with E-state index in [1.807, 2.05) is 25.1 Å². The Hall–Kier alpha value is -2.07. The molecule has 2 aromatic rings. The van der Waals surface area contributed by atoms with E-state index in [-0.39, 0.29) is 5.56 Å². The molecule has 1 aromatic heterocycles. The normalized spacial score (nSPS) is 10.6. The van der Waals surface area contributed by atoms with Gasteiger partial charge in [0.25, 0.3) is 5.56 Å². The molecule has 0 aliphatic rings. The molecule has 4 heteroatoms. The number of aromatic nitrogens is 1. The van der Waals surface area contributed by atoms with Gasteiger partial charge in [-0.3, -0.25) is 9.36 Å². The summed E-state index contributed by atoms with van der Waals surface area (Å²) < 4.78 is 7.06. The Labute approximate surface area is 112 Å². The molecule has 0 spiro atoms. The molecular weight excluding hydrogens is 240 g/mol. The molecule has 0 aliphatic carbocycles. The molecule has 0 aliphatic heterocycles. The summed E-state index contributed by atoms with van der Waals surface area (Å²) in [4.78, 5) is 12.2. The van der Waals surface area contributed by atoms with E-state index in [0.29, 0.717) is 24.5 Å². The van der Waals surface area contributed by atoms with E-state index in [1.54, 1.807) is 29.8 Å². The third-order valence-corrected chi connectivity index (χ3v) is 2.96. The van der Waals surface area contributed by atoms with Crippen LogP contribution in [0.4, 0.5) is 5.69 Å². The van der Waals surface area contributed by atoms with Crippen LogP contribution >= 0.6 is 0 Å². The van der Waals surface area contributed by atoms with E-state index < -0.39 is 0 Å². The summed E-state index contributed by atoms with van der Waals surface area (Å²) in [6, 6.07) is 9.15. The number of nitrogens with two attached hydrogens (primary N) is 1. The average Bonchev–Trinajstić information content (AvgIpc) is 2.40. The third-order valence-electron chi connectivity index (χ3n) is 2.96. The largest absolute Gasteiger partial charge is 0.399 e. The van der Waals surface area contributed by atoms with Crippen molar-refractivity contribution in [2.75, 3.05) is 12.3 Å². The highest BCUT2D eigenvalue weighted by Gasteiger charge is 2.08. The lowest BCUT2D eigenvalue weighted by molar-refractivity contribution is 0.134. The van der Waals surface area contributed by atoms with E-state index >= 15 is 0 Å². The van der Waals surface area contributed by atoms with Crippen LogP contribution in [0.15, 0.2) is 41.3 Å². The first-order valence-corrected chi connectivity index (χ1v) is 6.28. The number of rotatable bonds is 4. The Morgan fingerprint density at radius 1 is 1.32 bits per heavy atom. The summed E-state index contributed by atoms with van der Waals surface area (Å²) in [5, 5.41) is 0. The van der Waals surface area contributed by atoms with Gasteiger partial charge in [-0.05, 0) is 38.1 Å². The van der Waals surface area contributed by atoms with Gasteiger partial charge in [0, 0.05) is 29.6 Å². The molecule has 0 saturated heterocycles. The number of ether oxygens (including phenoxy) is 1. The van der Waals surface area contributed by atoms with E-state index in [2.05, 4.69) is 0 Å². The van der Waals surface area contributed by atoms with Crippen LogP contribution in [-0.4, -0.2) is 11.2 Å². The first kappa shape index (κ1) is 13.4. The fourth-order valence-electron chi connectivity index (χ4n) is 1.96. The van der Waals surface area contributed by atoms with Gasteiger partial charge in [-0.2, -0.15) is 0 Å². The van der Waals surface area contributed by atoms with Gasteiger partial charge < -0.3 is 10.5 Å². The number of aryl methyl sites for hydroxylation is 1. The van der Waals surface area contributed by atoms with Crippen LogP contribution in [0.2, 0.25) is 0 Å². The number of pyridine rings is 1. The molecule has 0 bridgehead atoms. The molecule has 0 unspecified atom stereocenters. The van der Waals surface area contributed by atoms with Crippen molar-refractivity contribution in [3.63, 3.8) is 0 Å². The van der Waals surface area contributed by atoms with Crippen molar-refractivity contribution in [2.24, 2.45) is 0 Å². The smallest absolute Gasteiger partial charge is 0.257 e. The number of anilines is 1. The van der Waals surface area contributed by atoms with Crippen molar-refractivity contribution >= 4 is 5.69 Å². The van der Waals surface area contributed by atoms with Gasteiger partial charge in [0.15, 0.2) is 0 Å². The second kappa shape index (κ2) is 5.71. The van der Waals surface area contributed by atoms with Crippen molar-refractivity contribution in [2.45, 2.75) is 20.5 Å². The molecule has 2 rings (SSSR count). The Morgan fingerprint density at radius 3 is 2.84 bits per heavy atom. The second-order valence-electron chi connectivity index (χ2n) is 4.39. The van der Waals surface area contributed by atoms with Gasteiger partial charge in [-0.1, -0.05) is 6.07 Å². The van der Waals surface area contributed by atoms with Crippen LogP contribution in [0, 0.1) is 6.92 Å². The summed E-state index contributed by atoms with van der Waals surface area (Å²) in [5.74, 6) is 0. The maximum Gasteiger partial charge on any atom is 0.257 e. The molecule has 0 saturated carbocycles. The number of nitrogen functional groups attached to an aromatic ring is 1. The lowest BCUT2D eigenvalue weighted by Crippen LogP contribution is -2.20. The zero-order chi connectivity index (χ0) is 13.8. The molecule has 2 N–H and O–H groups in total. The maximum absolute atomic E-state index is 12.2. The zero-order valence-corrected chi connectivity index (χ0v) is 11.2. The van der Waals surface area contributed by atoms with Crippen LogP contribution < -0.4 is 11.3 Å². The minimum atomic E-state index is -0.0231. The highest BCUT2D eigenvalue weighted by atomic mass is 16.5. The van der Waals surface area contributed by atoms with Crippen LogP contribution in [0.1, 0.15) is 18.1 Å². The molecule has 1 heterocycles. The summed E-state index contributed by atoms with van der Waals surface area (Å²) >= 11 is 0. The van der Waals surface area contributed by atoms with Gasteiger partial charge in [0.05, 0.1) is 12.3 Å². The molecule has 0 fully saturated rings. The average molecular weight is 258 g/mol. The third kappa shape index (κ3) is 2.85. The second-order valence-corrected chi connectivity index (χ2v) is 4.39. The minimum absolute atomic E-state index is 0.0231. The fourth-order valence-corrected chi connectivity index (χ4v) is 1.96. The monoisotopic (exact) mass is 258 g/mol. The zero-order valence-electron chi connectivity index (χ0n) is 11.2. The number of nitrogens with zero attached hydrogens (tertiary/aromatic N) is 1. The van der Waals surface area contributed by atoms with Crippen LogP contribution in [0.5, 0.6) is 0 Å². The van der Waals surface area contributed by atoms with Crippen molar-refractivity contribution in [1.29, 1.82) is 0 Å².